The van der Waals surface area contributed by atoms with Crippen molar-refractivity contribution in [2.75, 3.05) is 47.4 Å². The molecule has 0 saturated carbocycles. The van der Waals surface area contributed by atoms with Gasteiger partial charge in [-0.3, -0.25) is 4.99 Å². The highest BCUT2D eigenvalue weighted by molar-refractivity contribution is 14.0. The van der Waals surface area contributed by atoms with Crippen LogP contribution in [0.15, 0.2) is 29.3 Å². The van der Waals surface area contributed by atoms with E-state index in [1.807, 2.05) is 12.1 Å². The maximum absolute atomic E-state index is 5.25. The lowest BCUT2D eigenvalue weighted by molar-refractivity contribution is 0.305. The topological polar surface area (TPSA) is 40.1 Å². The molecule has 0 spiro atoms. The number of ether oxygens (including phenoxy) is 1. The van der Waals surface area contributed by atoms with Gasteiger partial charge in [-0.1, -0.05) is 12.1 Å². The number of aliphatic imine (C=N–C) groups is 1. The van der Waals surface area contributed by atoms with Crippen LogP contribution in [0.5, 0.6) is 5.75 Å². The maximum Gasteiger partial charge on any atom is 0.193 e. The zero-order valence-corrected chi connectivity index (χ0v) is 17.6. The molecule has 1 atom stereocenters. The summed E-state index contributed by atoms with van der Waals surface area (Å²) in [5, 5.41) is 3.43. The second-order valence-corrected chi connectivity index (χ2v) is 6.14. The first kappa shape index (κ1) is 21.0. The van der Waals surface area contributed by atoms with Gasteiger partial charge in [0, 0.05) is 19.6 Å². The lowest BCUT2D eigenvalue weighted by Gasteiger charge is -2.26. The number of likely N-dealkylation sites (N-methyl/N-ethyl adjacent to an activating group) is 1. The van der Waals surface area contributed by atoms with Crippen LogP contribution in [0.3, 0.4) is 0 Å². The van der Waals surface area contributed by atoms with Crippen LogP contribution in [-0.4, -0.2) is 63.1 Å². The van der Waals surface area contributed by atoms with Crippen LogP contribution < -0.4 is 10.1 Å². The van der Waals surface area contributed by atoms with Crippen molar-refractivity contribution in [2.45, 2.75) is 25.8 Å². The number of guanidine groups is 1. The summed E-state index contributed by atoms with van der Waals surface area (Å²) in [5.74, 6) is 1.94. The Kier molecular flexibility index (Phi) is 9.43. The molecule has 6 heteroatoms. The summed E-state index contributed by atoms with van der Waals surface area (Å²) < 4.78 is 5.25. The van der Waals surface area contributed by atoms with Gasteiger partial charge >= 0.3 is 0 Å². The standard InChI is InChI=1S/C18H30N4O.HI/c1-5-19-18(22-12-6-7-13-22)20-14-17(21(2)3)15-8-10-16(23-4)11-9-15;/h8-11,17H,5-7,12-14H2,1-4H3,(H,19,20);1H. The van der Waals surface area contributed by atoms with E-state index >= 15 is 0 Å². The molecule has 0 radical (unpaired) electrons. The maximum atomic E-state index is 5.25. The van der Waals surface area contributed by atoms with Crippen LogP contribution in [-0.2, 0) is 0 Å². The van der Waals surface area contributed by atoms with Gasteiger partial charge in [0.1, 0.15) is 5.75 Å². The van der Waals surface area contributed by atoms with Gasteiger partial charge in [-0.25, -0.2) is 0 Å². The van der Waals surface area contributed by atoms with Crippen LogP contribution in [0.25, 0.3) is 0 Å². The highest BCUT2D eigenvalue weighted by Crippen LogP contribution is 2.22. The summed E-state index contributed by atoms with van der Waals surface area (Å²) in [4.78, 5) is 9.48. The highest BCUT2D eigenvalue weighted by atomic mass is 127. The molecule has 2 rings (SSSR count). The second kappa shape index (κ2) is 10.8. The molecule has 0 amide bonds. The van der Waals surface area contributed by atoms with Crippen LogP contribution in [0, 0.1) is 0 Å². The van der Waals surface area contributed by atoms with Gasteiger partial charge in [-0.05, 0) is 51.6 Å². The Balaban J connectivity index is 0.00000288. The largest absolute Gasteiger partial charge is 0.497 e. The summed E-state index contributed by atoms with van der Waals surface area (Å²) in [6, 6.07) is 8.55. The summed E-state index contributed by atoms with van der Waals surface area (Å²) in [6.45, 7) is 6.00. The lowest BCUT2D eigenvalue weighted by Crippen LogP contribution is -2.40. The van der Waals surface area contributed by atoms with E-state index in [4.69, 9.17) is 9.73 Å². The van der Waals surface area contributed by atoms with E-state index in [9.17, 15) is 0 Å². The number of methoxy groups -OCH3 is 1. The van der Waals surface area contributed by atoms with Gasteiger partial charge in [0.15, 0.2) is 5.96 Å². The molecule has 1 aromatic rings. The number of halogens is 1. The van der Waals surface area contributed by atoms with Crippen molar-refractivity contribution in [3.05, 3.63) is 29.8 Å². The van der Waals surface area contributed by atoms with Gasteiger partial charge in [0.25, 0.3) is 0 Å². The molecular weight excluding hydrogens is 415 g/mol. The van der Waals surface area contributed by atoms with Crippen molar-refractivity contribution in [2.24, 2.45) is 4.99 Å². The molecule has 136 valence electrons. The number of rotatable bonds is 6. The quantitative estimate of drug-likeness (QED) is 0.415. The number of nitrogens with zero attached hydrogens (tertiary/aromatic N) is 3. The third-order valence-corrected chi connectivity index (χ3v) is 4.28. The molecule has 1 aromatic carbocycles. The number of nitrogens with one attached hydrogen (secondary N) is 1. The molecule has 5 nitrogen and oxygen atoms in total. The molecule has 1 saturated heterocycles. The number of hydrogen-bond acceptors (Lipinski definition) is 3. The van der Waals surface area contributed by atoms with Crippen molar-refractivity contribution in [3.63, 3.8) is 0 Å². The monoisotopic (exact) mass is 446 g/mol. The fourth-order valence-electron chi connectivity index (χ4n) is 2.92. The Morgan fingerprint density at radius 1 is 1.25 bits per heavy atom. The summed E-state index contributed by atoms with van der Waals surface area (Å²) in [6.07, 6.45) is 2.53. The minimum absolute atomic E-state index is 0. The van der Waals surface area contributed by atoms with E-state index in [1.54, 1.807) is 7.11 Å². The van der Waals surface area contributed by atoms with E-state index in [0.29, 0.717) is 0 Å². The molecular formula is C18H31IN4O. The van der Waals surface area contributed by atoms with E-state index < -0.39 is 0 Å². The molecule has 1 unspecified atom stereocenters. The summed E-state index contributed by atoms with van der Waals surface area (Å²) in [5.41, 5.74) is 1.26. The normalized spacial score (nSPS) is 16.0. The predicted molar refractivity (Wildman–Crippen MR) is 112 cm³/mol. The summed E-state index contributed by atoms with van der Waals surface area (Å²) in [7, 11) is 5.90. The molecule has 0 bridgehead atoms. The minimum atomic E-state index is 0. The average molecular weight is 446 g/mol. The van der Waals surface area contributed by atoms with E-state index in [2.05, 4.69) is 48.3 Å². The molecule has 1 aliphatic heterocycles. The van der Waals surface area contributed by atoms with Gasteiger partial charge in [0.2, 0.25) is 0 Å². The van der Waals surface area contributed by atoms with Crippen LogP contribution in [0.2, 0.25) is 0 Å². The Bertz CT molecular complexity index is 498. The zero-order chi connectivity index (χ0) is 16.7. The first-order chi connectivity index (χ1) is 11.2. The SMILES string of the molecule is CCNC(=NCC(c1ccc(OC)cc1)N(C)C)N1CCCC1.I. The van der Waals surface area contributed by atoms with Gasteiger partial charge in [-0.2, -0.15) is 0 Å². The molecule has 24 heavy (non-hydrogen) atoms. The van der Waals surface area contributed by atoms with E-state index in [-0.39, 0.29) is 30.0 Å². The van der Waals surface area contributed by atoms with Crippen molar-refractivity contribution in [3.8, 4) is 5.75 Å². The third kappa shape index (κ3) is 5.81. The Hall–Kier alpha value is -1.02. The van der Waals surface area contributed by atoms with Crippen LogP contribution in [0.4, 0.5) is 0 Å². The van der Waals surface area contributed by atoms with Crippen molar-refractivity contribution < 1.29 is 4.74 Å². The van der Waals surface area contributed by atoms with Gasteiger partial charge < -0.3 is 19.9 Å². The third-order valence-electron chi connectivity index (χ3n) is 4.28. The number of hydrogen-bond donors (Lipinski definition) is 1. The first-order valence-corrected chi connectivity index (χ1v) is 8.49. The minimum Gasteiger partial charge on any atom is -0.497 e. The first-order valence-electron chi connectivity index (χ1n) is 8.49. The molecule has 1 fully saturated rings. The zero-order valence-electron chi connectivity index (χ0n) is 15.3. The van der Waals surface area contributed by atoms with Crippen LogP contribution in [0.1, 0.15) is 31.4 Å². The van der Waals surface area contributed by atoms with Crippen molar-refractivity contribution in [1.82, 2.24) is 15.1 Å². The number of likely N-dealkylation sites (tertiary alicyclic amines) is 1. The van der Waals surface area contributed by atoms with Gasteiger partial charge in [-0.15, -0.1) is 24.0 Å². The second-order valence-electron chi connectivity index (χ2n) is 6.14. The van der Waals surface area contributed by atoms with E-state index in [1.165, 1.54) is 18.4 Å². The molecule has 0 aliphatic carbocycles. The fraction of sp³-hybridized carbons (Fsp3) is 0.611. The molecule has 0 aromatic heterocycles. The van der Waals surface area contributed by atoms with Crippen LogP contribution >= 0.6 is 24.0 Å². The molecule has 1 heterocycles. The smallest absolute Gasteiger partial charge is 0.193 e. The lowest BCUT2D eigenvalue weighted by atomic mass is 10.1. The predicted octanol–water partition coefficient (Wildman–Crippen LogP) is 2.98. The van der Waals surface area contributed by atoms with Crippen molar-refractivity contribution >= 4 is 29.9 Å². The molecule has 1 aliphatic rings. The number of benzene rings is 1. The van der Waals surface area contributed by atoms with Crippen molar-refractivity contribution in [1.29, 1.82) is 0 Å². The van der Waals surface area contributed by atoms with E-state index in [0.717, 1.165) is 37.9 Å². The fourth-order valence-corrected chi connectivity index (χ4v) is 2.92. The Morgan fingerprint density at radius 3 is 2.38 bits per heavy atom. The highest BCUT2D eigenvalue weighted by Gasteiger charge is 2.18. The Morgan fingerprint density at radius 2 is 1.88 bits per heavy atom. The molecule has 1 N–H and O–H groups in total. The Labute approximate surface area is 163 Å². The average Bonchev–Trinajstić information content (AvgIpc) is 3.08. The van der Waals surface area contributed by atoms with Gasteiger partial charge in [0.05, 0.1) is 19.7 Å². The summed E-state index contributed by atoms with van der Waals surface area (Å²) >= 11 is 0.